The third-order valence-electron chi connectivity index (χ3n) is 5.14. The van der Waals surface area contributed by atoms with Crippen LogP contribution < -0.4 is 0 Å². The lowest BCUT2D eigenvalue weighted by atomic mass is 10.0. The summed E-state index contributed by atoms with van der Waals surface area (Å²) in [5, 5.41) is 0. The van der Waals surface area contributed by atoms with Crippen molar-refractivity contribution in [1.82, 2.24) is 14.8 Å². The second-order valence-corrected chi connectivity index (χ2v) is 8.53. The zero-order chi connectivity index (χ0) is 20.1. The first-order valence-electron chi connectivity index (χ1n) is 10.1. The number of hydrogen-bond donors (Lipinski definition) is 0. The molecule has 1 aromatic rings. The fraction of sp³-hybridized carbons (Fsp3) is 0.667. The Morgan fingerprint density at radius 3 is 1.93 bits per heavy atom. The molecule has 0 atom stereocenters. The highest BCUT2D eigenvalue weighted by atomic mass is 16.6. The zero-order valence-corrected chi connectivity index (χ0v) is 17.1. The maximum atomic E-state index is 12.5. The Balaban J connectivity index is 1.39. The molecular weight excluding hydrogens is 358 g/mol. The van der Waals surface area contributed by atoms with E-state index in [0.717, 1.165) is 25.7 Å². The fourth-order valence-electron chi connectivity index (χ4n) is 3.65. The van der Waals surface area contributed by atoms with Gasteiger partial charge in [-0.1, -0.05) is 0 Å². The summed E-state index contributed by atoms with van der Waals surface area (Å²) in [6.07, 6.45) is 6.76. The van der Waals surface area contributed by atoms with E-state index in [1.54, 1.807) is 29.4 Å². The smallest absolute Gasteiger partial charge is 0.410 e. The molecule has 0 aromatic carbocycles. The molecule has 0 saturated carbocycles. The Kier molecular flexibility index (Phi) is 6.54. The van der Waals surface area contributed by atoms with Gasteiger partial charge in [-0.3, -0.25) is 9.78 Å². The molecule has 28 heavy (non-hydrogen) atoms. The minimum absolute atomic E-state index is 0.0616. The molecule has 3 heterocycles. The second-order valence-electron chi connectivity index (χ2n) is 8.53. The number of aromatic nitrogens is 1. The maximum absolute atomic E-state index is 12.5. The Morgan fingerprint density at radius 2 is 1.43 bits per heavy atom. The van der Waals surface area contributed by atoms with Crippen LogP contribution in [0.2, 0.25) is 0 Å². The summed E-state index contributed by atoms with van der Waals surface area (Å²) in [5.41, 5.74) is 0.218. The Labute approximate surface area is 167 Å². The molecule has 3 rings (SSSR count). The molecule has 0 aliphatic carbocycles. The van der Waals surface area contributed by atoms with E-state index in [-0.39, 0.29) is 24.2 Å². The van der Waals surface area contributed by atoms with Gasteiger partial charge in [0.15, 0.2) is 0 Å². The molecule has 7 nitrogen and oxygen atoms in total. The fourth-order valence-corrected chi connectivity index (χ4v) is 3.65. The Bertz CT molecular complexity index is 658. The van der Waals surface area contributed by atoms with Gasteiger partial charge in [-0.15, -0.1) is 0 Å². The molecule has 7 heteroatoms. The predicted molar refractivity (Wildman–Crippen MR) is 105 cm³/mol. The molecule has 0 radical (unpaired) electrons. The van der Waals surface area contributed by atoms with Gasteiger partial charge in [0.05, 0.1) is 12.2 Å². The quantitative estimate of drug-likeness (QED) is 0.794. The van der Waals surface area contributed by atoms with Gasteiger partial charge in [-0.2, -0.15) is 0 Å². The highest BCUT2D eigenvalue weighted by Gasteiger charge is 2.30. The molecule has 2 aliphatic heterocycles. The summed E-state index contributed by atoms with van der Waals surface area (Å²) in [5.74, 6) is 0.0616. The van der Waals surface area contributed by atoms with E-state index >= 15 is 0 Å². The van der Waals surface area contributed by atoms with Crippen molar-refractivity contribution in [2.45, 2.75) is 64.3 Å². The minimum Gasteiger partial charge on any atom is -0.444 e. The third kappa shape index (κ3) is 5.67. The van der Waals surface area contributed by atoms with Crippen LogP contribution in [0, 0.1) is 0 Å². The van der Waals surface area contributed by atoms with E-state index < -0.39 is 5.60 Å². The van der Waals surface area contributed by atoms with Crippen LogP contribution in [0.3, 0.4) is 0 Å². The van der Waals surface area contributed by atoms with Crippen molar-refractivity contribution in [2.24, 2.45) is 0 Å². The van der Waals surface area contributed by atoms with Gasteiger partial charge >= 0.3 is 6.09 Å². The molecular formula is C21H31N3O4. The van der Waals surface area contributed by atoms with Crippen LogP contribution in [0.4, 0.5) is 4.79 Å². The van der Waals surface area contributed by atoms with Gasteiger partial charge in [0.25, 0.3) is 5.91 Å². The summed E-state index contributed by atoms with van der Waals surface area (Å²) in [7, 11) is 0. The van der Waals surface area contributed by atoms with Gasteiger partial charge < -0.3 is 19.3 Å². The average Bonchev–Trinajstić information content (AvgIpc) is 2.68. The van der Waals surface area contributed by atoms with Gasteiger partial charge in [-0.25, -0.2) is 4.79 Å². The molecule has 0 spiro atoms. The summed E-state index contributed by atoms with van der Waals surface area (Å²) in [6.45, 7) is 8.40. The molecule has 2 saturated heterocycles. The number of ether oxygens (including phenoxy) is 2. The first-order valence-corrected chi connectivity index (χ1v) is 10.1. The minimum atomic E-state index is -0.466. The lowest BCUT2D eigenvalue weighted by molar-refractivity contribution is -0.0635. The van der Waals surface area contributed by atoms with Crippen LogP contribution in [0.5, 0.6) is 0 Å². The van der Waals surface area contributed by atoms with Gasteiger partial charge in [0, 0.05) is 44.1 Å². The van der Waals surface area contributed by atoms with Gasteiger partial charge in [-0.05, 0) is 58.6 Å². The Hall–Kier alpha value is -2.15. The summed E-state index contributed by atoms with van der Waals surface area (Å²) in [4.78, 5) is 32.3. The lowest BCUT2D eigenvalue weighted by Gasteiger charge is -2.37. The number of amides is 2. The van der Waals surface area contributed by atoms with E-state index in [0.29, 0.717) is 31.7 Å². The van der Waals surface area contributed by atoms with E-state index in [1.807, 2.05) is 25.7 Å². The molecule has 1 aromatic heterocycles. The maximum Gasteiger partial charge on any atom is 0.410 e. The van der Waals surface area contributed by atoms with Crippen LogP contribution in [-0.4, -0.2) is 70.8 Å². The van der Waals surface area contributed by atoms with E-state index in [4.69, 9.17) is 9.47 Å². The number of pyridine rings is 1. The monoisotopic (exact) mass is 389 g/mol. The van der Waals surface area contributed by atoms with Crippen molar-refractivity contribution < 1.29 is 19.1 Å². The molecule has 154 valence electrons. The van der Waals surface area contributed by atoms with E-state index in [9.17, 15) is 9.59 Å². The largest absolute Gasteiger partial charge is 0.444 e. The third-order valence-corrected chi connectivity index (χ3v) is 5.14. The molecule has 2 aliphatic rings. The zero-order valence-electron chi connectivity index (χ0n) is 17.1. The number of nitrogens with zero attached hydrogens (tertiary/aromatic N) is 3. The van der Waals surface area contributed by atoms with Crippen LogP contribution in [0.1, 0.15) is 56.8 Å². The van der Waals surface area contributed by atoms with Crippen molar-refractivity contribution in [3.05, 3.63) is 30.1 Å². The molecule has 2 fully saturated rings. The van der Waals surface area contributed by atoms with Crippen LogP contribution in [0.15, 0.2) is 24.5 Å². The highest BCUT2D eigenvalue weighted by molar-refractivity contribution is 5.94. The van der Waals surface area contributed by atoms with Crippen molar-refractivity contribution in [3.63, 3.8) is 0 Å². The number of carbonyl (C=O) groups excluding carboxylic acids is 2. The normalized spacial score (nSPS) is 19.5. The topological polar surface area (TPSA) is 72.0 Å². The van der Waals surface area contributed by atoms with Gasteiger partial charge in [0.1, 0.15) is 5.60 Å². The van der Waals surface area contributed by atoms with E-state index in [2.05, 4.69) is 4.98 Å². The number of rotatable bonds is 3. The average molecular weight is 389 g/mol. The number of hydrogen-bond acceptors (Lipinski definition) is 5. The molecule has 0 N–H and O–H groups in total. The number of likely N-dealkylation sites (tertiary alicyclic amines) is 2. The number of carbonyl (C=O) groups is 2. The van der Waals surface area contributed by atoms with Gasteiger partial charge in [0.2, 0.25) is 0 Å². The predicted octanol–water partition coefficient (Wildman–Crippen LogP) is 3.10. The summed E-state index contributed by atoms with van der Waals surface area (Å²) in [6, 6.07) is 3.51. The SMILES string of the molecule is CC(C)(C)OC(=O)N1CCC(OC2CCN(C(=O)c3ccncc3)CC2)CC1. The van der Waals surface area contributed by atoms with Crippen LogP contribution in [0.25, 0.3) is 0 Å². The first kappa shape index (κ1) is 20.6. The molecule has 2 amide bonds. The van der Waals surface area contributed by atoms with Crippen LogP contribution >= 0.6 is 0 Å². The first-order chi connectivity index (χ1) is 13.3. The number of piperidine rings is 2. The Morgan fingerprint density at radius 1 is 0.929 bits per heavy atom. The standard InChI is InChI=1S/C21H31N3O4/c1-21(2,3)28-20(26)24-14-8-18(9-15-24)27-17-6-12-23(13-7-17)19(25)16-4-10-22-11-5-16/h4-5,10-11,17-18H,6-9,12-15H2,1-3H3. The van der Waals surface area contributed by atoms with Crippen molar-refractivity contribution in [3.8, 4) is 0 Å². The van der Waals surface area contributed by atoms with Crippen molar-refractivity contribution in [1.29, 1.82) is 0 Å². The van der Waals surface area contributed by atoms with Crippen LogP contribution in [-0.2, 0) is 9.47 Å². The van der Waals surface area contributed by atoms with E-state index in [1.165, 1.54) is 0 Å². The second kappa shape index (κ2) is 8.90. The summed E-state index contributed by atoms with van der Waals surface area (Å²) < 4.78 is 11.7. The van der Waals surface area contributed by atoms with Crippen molar-refractivity contribution >= 4 is 12.0 Å². The highest BCUT2D eigenvalue weighted by Crippen LogP contribution is 2.23. The lowest BCUT2D eigenvalue weighted by Crippen LogP contribution is -2.46. The van der Waals surface area contributed by atoms with Crippen molar-refractivity contribution in [2.75, 3.05) is 26.2 Å². The summed E-state index contributed by atoms with van der Waals surface area (Å²) >= 11 is 0. The molecule has 0 unspecified atom stereocenters. The molecule has 0 bridgehead atoms.